The van der Waals surface area contributed by atoms with Crippen molar-refractivity contribution in [2.45, 2.75) is 38.4 Å². The third kappa shape index (κ3) is 6.67. The van der Waals surface area contributed by atoms with E-state index in [-0.39, 0.29) is 30.3 Å². The molecule has 0 aliphatic carbocycles. The van der Waals surface area contributed by atoms with Gasteiger partial charge in [0.25, 0.3) is 0 Å². The number of aryl methyl sites for hydroxylation is 1. The van der Waals surface area contributed by atoms with Crippen molar-refractivity contribution in [2.75, 3.05) is 13.7 Å². The number of nitrogens with one attached hydrogen (secondary N) is 2. The van der Waals surface area contributed by atoms with Gasteiger partial charge < -0.3 is 20.8 Å². The van der Waals surface area contributed by atoms with Gasteiger partial charge in [0.15, 0.2) is 0 Å². The van der Waals surface area contributed by atoms with Gasteiger partial charge in [-0.25, -0.2) is 0 Å². The summed E-state index contributed by atoms with van der Waals surface area (Å²) in [5, 5.41) is 7.48. The highest BCUT2D eigenvalue weighted by molar-refractivity contribution is 5.85. The zero-order valence-electron chi connectivity index (χ0n) is 18.5. The summed E-state index contributed by atoms with van der Waals surface area (Å²) in [6.07, 6.45) is 2.35. The Kier molecular flexibility index (Phi) is 11.7. The first-order valence-corrected chi connectivity index (χ1v) is 10.4. The predicted molar refractivity (Wildman–Crippen MR) is 136 cm³/mol. The Morgan fingerprint density at radius 2 is 1.81 bits per heavy atom. The Bertz CT molecular complexity index is 957. The number of halogens is 2. The normalized spacial score (nSPS) is 17.3. The lowest BCUT2D eigenvalue weighted by Gasteiger charge is -2.34. The first-order chi connectivity index (χ1) is 14.2. The van der Waals surface area contributed by atoms with E-state index < -0.39 is 0 Å². The largest absolute Gasteiger partial charge is 0.496 e. The van der Waals surface area contributed by atoms with E-state index in [9.17, 15) is 0 Å². The van der Waals surface area contributed by atoms with Gasteiger partial charge in [-0.3, -0.25) is 4.98 Å². The Hall–Kier alpha value is -2.15. The third-order valence-electron chi connectivity index (χ3n) is 5.64. The van der Waals surface area contributed by atoms with Crippen molar-refractivity contribution in [3.05, 3.63) is 83.6 Å². The topological polar surface area (TPSA) is 77.7 Å². The maximum atomic E-state index is 5.64. The number of ether oxygens (including phenoxy) is 1. The molecule has 32 heavy (non-hydrogen) atoms. The monoisotopic (exact) mass is 477 g/mol. The number of nitrogens with zero attached hydrogens (tertiary/aromatic N) is 1. The van der Waals surface area contributed by atoms with Crippen molar-refractivity contribution in [3.8, 4) is 17.0 Å². The number of methoxy groups -OCH3 is 1. The Morgan fingerprint density at radius 1 is 1.03 bits per heavy atom. The number of aromatic nitrogens is 1. The molecule has 5 nitrogen and oxygen atoms in total. The molecule has 174 valence electrons. The first-order valence-electron chi connectivity index (χ1n) is 10.4. The molecule has 1 fully saturated rings. The standard InChI is InChI=1S/C25H29N3O.2ClH.H2O/c1-18-8-6-11-22(28-18)20-13-14-24(29-2)21(16-20)17-27-23-12-7-15-26-25(23)19-9-4-3-5-10-19;;;/h3-6,8-11,13-14,16,23,25-27H,7,12,15,17H2,1-2H3;2*1H;1H2/t23-,25-;;;/m0.../s1. The summed E-state index contributed by atoms with van der Waals surface area (Å²) < 4.78 is 5.64. The summed E-state index contributed by atoms with van der Waals surface area (Å²) >= 11 is 0. The molecule has 2 aromatic carbocycles. The van der Waals surface area contributed by atoms with E-state index in [4.69, 9.17) is 4.74 Å². The van der Waals surface area contributed by atoms with E-state index in [0.717, 1.165) is 47.8 Å². The number of hydrogen-bond acceptors (Lipinski definition) is 4. The Morgan fingerprint density at radius 3 is 2.53 bits per heavy atom. The van der Waals surface area contributed by atoms with E-state index in [1.807, 2.05) is 19.1 Å². The lowest BCUT2D eigenvalue weighted by atomic mass is 9.92. The molecule has 0 spiro atoms. The highest BCUT2D eigenvalue weighted by Crippen LogP contribution is 2.28. The van der Waals surface area contributed by atoms with Crippen LogP contribution in [0.4, 0.5) is 0 Å². The first kappa shape index (κ1) is 27.9. The lowest BCUT2D eigenvalue weighted by Crippen LogP contribution is -2.45. The van der Waals surface area contributed by atoms with Crippen molar-refractivity contribution in [1.29, 1.82) is 0 Å². The van der Waals surface area contributed by atoms with Crippen LogP contribution in [0.15, 0.2) is 66.7 Å². The fraction of sp³-hybridized carbons (Fsp3) is 0.320. The van der Waals surface area contributed by atoms with Gasteiger partial charge in [-0.1, -0.05) is 36.4 Å². The number of pyridine rings is 1. The Balaban J connectivity index is 0.00000171. The summed E-state index contributed by atoms with van der Waals surface area (Å²) in [6, 6.07) is 23.9. The van der Waals surface area contributed by atoms with Crippen molar-refractivity contribution in [1.82, 2.24) is 15.6 Å². The number of piperidine rings is 1. The van der Waals surface area contributed by atoms with Crippen LogP contribution >= 0.6 is 24.8 Å². The van der Waals surface area contributed by atoms with Crippen molar-refractivity contribution in [2.24, 2.45) is 0 Å². The van der Waals surface area contributed by atoms with Crippen LogP contribution in [0, 0.1) is 6.92 Å². The molecule has 7 heteroatoms. The molecule has 2 heterocycles. The van der Waals surface area contributed by atoms with Crippen LogP contribution in [0.1, 0.15) is 35.7 Å². The molecule has 0 bridgehead atoms. The second-order valence-corrected chi connectivity index (χ2v) is 7.66. The van der Waals surface area contributed by atoms with Gasteiger partial charge in [0.2, 0.25) is 0 Å². The number of rotatable bonds is 6. The number of hydrogen-bond donors (Lipinski definition) is 2. The summed E-state index contributed by atoms with van der Waals surface area (Å²) in [7, 11) is 1.73. The van der Waals surface area contributed by atoms with Gasteiger partial charge in [0.1, 0.15) is 5.75 Å². The summed E-state index contributed by atoms with van der Waals surface area (Å²) in [4.78, 5) is 4.67. The molecular formula is C25H33Cl2N3O2. The maximum absolute atomic E-state index is 5.64. The maximum Gasteiger partial charge on any atom is 0.123 e. The molecule has 0 saturated carbocycles. The molecule has 1 aliphatic heterocycles. The molecule has 4 N–H and O–H groups in total. The molecule has 3 aromatic rings. The highest BCUT2D eigenvalue weighted by atomic mass is 35.5. The molecule has 4 rings (SSSR count). The van der Waals surface area contributed by atoms with Gasteiger partial charge in [0, 0.05) is 35.4 Å². The zero-order valence-corrected chi connectivity index (χ0v) is 20.1. The Labute approximate surface area is 203 Å². The van der Waals surface area contributed by atoms with E-state index in [1.165, 1.54) is 12.0 Å². The van der Waals surface area contributed by atoms with Crippen LogP contribution < -0.4 is 15.4 Å². The van der Waals surface area contributed by atoms with Crippen molar-refractivity contribution < 1.29 is 10.2 Å². The zero-order chi connectivity index (χ0) is 20.1. The minimum absolute atomic E-state index is 0. The van der Waals surface area contributed by atoms with Crippen molar-refractivity contribution >= 4 is 24.8 Å². The van der Waals surface area contributed by atoms with Gasteiger partial charge in [-0.15, -0.1) is 24.8 Å². The molecule has 1 aromatic heterocycles. The van der Waals surface area contributed by atoms with Crippen LogP contribution in [0.25, 0.3) is 11.3 Å². The third-order valence-corrected chi connectivity index (χ3v) is 5.64. The van der Waals surface area contributed by atoms with E-state index in [0.29, 0.717) is 12.1 Å². The summed E-state index contributed by atoms with van der Waals surface area (Å²) in [5.74, 6) is 0.911. The van der Waals surface area contributed by atoms with E-state index in [2.05, 4.69) is 70.2 Å². The minimum Gasteiger partial charge on any atom is -0.496 e. The number of benzene rings is 2. The van der Waals surface area contributed by atoms with Crippen LogP contribution in [0.2, 0.25) is 0 Å². The average molecular weight is 478 g/mol. The van der Waals surface area contributed by atoms with Gasteiger partial charge >= 0.3 is 0 Å². The van der Waals surface area contributed by atoms with Crippen LogP contribution in [0.3, 0.4) is 0 Å². The molecule has 1 aliphatic rings. The molecule has 0 unspecified atom stereocenters. The molecule has 0 radical (unpaired) electrons. The molecular weight excluding hydrogens is 445 g/mol. The summed E-state index contributed by atoms with van der Waals surface area (Å²) in [5.41, 5.74) is 5.64. The molecule has 0 amide bonds. The SMILES string of the molecule is COc1ccc(-c2cccc(C)n2)cc1CN[C@H]1CCCN[C@H]1c1ccccc1.Cl.Cl.O. The second kappa shape index (κ2) is 13.4. The van der Waals surface area contributed by atoms with Gasteiger partial charge in [-0.05, 0) is 62.2 Å². The lowest BCUT2D eigenvalue weighted by molar-refractivity contribution is 0.303. The van der Waals surface area contributed by atoms with E-state index in [1.54, 1.807) is 7.11 Å². The van der Waals surface area contributed by atoms with E-state index >= 15 is 0 Å². The fourth-order valence-corrected chi connectivity index (χ4v) is 4.14. The van der Waals surface area contributed by atoms with Gasteiger partial charge in [0.05, 0.1) is 12.8 Å². The smallest absolute Gasteiger partial charge is 0.123 e. The molecule has 1 saturated heterocycles. The van der Waals surface area contributed by atoms with Gasteiger partial charge in [-0.2, -0.15) is 0 Å². The van der Waals surface area contributed by atoms with Crippen LogP contribution in [-0.4, -0.2) is 30.2 Å². The minimum atomic E-state index is 0. The van der Waals surface area contributed by atoms with Crippen LogP contribution in [-0.2, 0) is 6.54 Å². The summed E-state index contributed by atoms with van der Waals surface area (Å²) in [6.45, 7) is 3.85. The predicted octanol–water partition coefficient (Wildman–Crippen LogP) is 4.67. The second-order valence-electron chi connectivity index (χ2n) is 7.66. The molecule has 2 atom stereocenters. The fourth-order valence-electron chi connectivity index (χ4n) is 4.14. The van der Waals surface area contributed by atoms with Crippen molar-refractivity contribution in [3.63, 3.8) is 0 Å². The highest BCUT2D eigenvalue weighted by Gasteiger charge is 2.25. The van der Waals surface area contributed by atoms with Crippen LogP contribution in [0.5, 0.6) is 5.75 Å². The quantitative estimate of drug-likeness (QED) is 0.540. The average Bonchev–Trinajstić information content (AvgIpc) is 2.78.